The smallest absolute Gasteiger partial charge is 0.457 e. The molecule has 0 aliphatic carbocycles. The molecule has 2 atom stereocenters. The van der Waals surface area contributed by atoms with Crippen molar-refractivity contribution in [2.75, 3.05) is 33.0 Å². The van der Waals surface area contributed by atoms with Gasteiger partial charge in [0.1, 0.15) is 6.10 Å². The highest BCUT2D eigenvalue weighted by atomic mass is 31.2. The van der Waals surface area contributed by atoms with E-state index in [0.717, 1.165) is 83.5 Å². The van der Waals surface area contributed by atoms with Gasteiger partial charge in [0.15, 0.2) is 0 Å². The number of phosphoric ester groups is 1. The molecular formula is C48H84NO7P. The number of ether oxygens (including phenoxy) is 2. The minimum atomic E-state index is -4.29. The fraction of sp³-hybridized carbons (Fsp3) is 0.688. The number of hydrogen-bond donors (Lipinski definition) is 2. The van der Waals surface area contributed by atoms with Crippen molar-refractivity contribution in [3.05, 3.63) is 85.1 Å². The minimum Gasteiger partial charge on any atom is -0.457 e. The van der Waals surface area contributed by atoms with Crippen LogP contribution in [0.1, 0.15) is 174 Å². The summed E-state index contributed by atoms with van der Waals surface area (Å²) in [5, 5.41) is 0. The average Bonchev–Trinajstić information content (AvgIpc) is 3.20. The Bertz CT molecular complexity index is 1140. The number of phosphoric acid groups is 1. The van der Waals surface area contributed by atoms with Crippen LogP contribution in [0.2, 0.25) is 0 Å². The van der Waals surface area contributed by atoms with Crippen LogP contribution in [0, 0.1) is 0 Å². The van der Waals surface area contributed by atoms with Crippen molar-refractivity contribution in [2.24, 2.45) is 5.73 Å². The Hall–Kier alpha value is -2.32. The third-order valence-electron chi connectivity index (χ3n) is 9.05. The predicted molar refractivity (Wildman–Crippen MR) is 242 cm³/mol. The van der Waals surface area contributed by atoms with Gasteiger partial charge in [0.25, 0.3) is 0 Å². The maximum absolute atomic E-state index is 12.6. The van der Waals surface area contributed by atoms with E-state index in [-0.39, 0.29) is 32.3 Å². The lowest BCUT2D eigenvalue weighted by Gasteiger charge is -2.20. The second kappa shape index (κ2) is 44.8. The van der Waals surface area contributed by atoms with Crippen LogP contribution in [0.5, 0.6) is 0 Å². The fourth-order valence-corrected chi connectivity index (χ4v) is 6.52. The molecule has 0 aliphatic heterocycles. The number of esters is 1. The van der Waals surface area contributed by atoms with Gasteiger partial charge in [-0.1, -0.05) is 163 Å². The number of unbranched alkanes of at least 4 members (excludes halogenated alkanes) is 15. The second-order valence-corrected chi connectivity index (χ2v) is 16.0. The average molecular weight is 818 g/mol. The summed E-state index contributed by atoms with van der Waals surface area (Å²) >= 11 is 0. The van der Waals surface area contributed by atoms with Crippen LogP contribution in [0.15, 0.2) is 85.1 Å². The Morgan fingerprint density at radius 3 is 1.49 bits per heavy atom. The lowest BCUT2D eigenvalue weighted by atomic mass is 10.1. The Labute approximate surface area is 349 Å². The van der Waals surface area contributed by atoms with Gasteiger partial charge < -0.3 is 20.1 Å². The first kappa shape index (κ1) is 54.7. The zero-order valence-corrected chi connectivity index (χ0v) is 37.2. The first-order chi connectivity index (χ1) is 27.9. The van der Waals surface area contributed by atoms with Crippen LogP contribution in [0.25, 0.3) is 0 Å². The van der Waals surface area contributed by atoms with Gasteiger partial charge >= 0.3 is 13.8 Å². The monoisotopic (exact) mass is 818 g/mol. The molecule has 0 radical (unpaired) electrons. The fourth-order valence-electron chi connectivity index (χ4n) is 5.76. The van der Waals surface area contributed by atoms with Crippen LogP contribution in [0.4, 0.5) is 0 Å². The summed E-state index contributed by atoms with van der Waals surface area (Å²) in [6, 6.07) is 0. The molecule has 0 saturated heterocycles. The summed E-state index contributed by atoms with van der Waals surface area (Å²) < 4.78 is 33.4. The summed E-state index contributed by atoms with van der Waals surface area (Å²) in [4.78, 5) is 22.5. The first-order valence-electron chi connectivity index (χ1n) is 22.6. The van der Waals surface area contributed by atoms with Crippen molar-refractivity contribution < 1.29 is 32.8 Å². The molecular weight excluding hydrogens is 734 g/mol. The molecule has 0 aromatic rings. The van der Waals surface area contributed by atoms with E-state index in [4.69, 9.17) is 24.3 Å². The molecule has 0 fully saturated rings. The van der Waals surface area contributed by atoms with Crippen molar-refractivity contribution >= 4 is 13.8 Å². The third-order valence-corrected chi connectivity index (χ3v) is 10.0. The molecule has 0 aromatic carbocycles. The summed E-state index contributed by atoms with van der Waals surface area (Å²) in [7, 11) is -4.29. The van der Waals surface area contributed by atoms with Gasteiger partial charge in [-0.2, -0.15) is 0 Å². The topological polar surface area (TPSA) is 117 Å². The Morgan fingerprint density at radius 1 is 0.544 bits per heavy atom. The van der Waals surface area contributed by atoms with Gasteiger partial charge in [-0.15, -0.1) is 0 Å². The van der Waals surface area contributed by atoms with Crippen molar-refractivity contribution in [3.63, 3.8) is 0 Å². The van der Waals surface area contributed by atoms with Crippen LogP contribution in [0.3, 0.4) is 0 Å². The summed E-state index contributed by atoms with van der Waals surface area (Å²) in [5.74, 6) is -0.351. The second-order valence-electron chi connectivity index (χ2n) is 14.5. The summed E-state index contributed by atoms with van der Waals surface area (Å²) in [6.45, 7) is 4.73. The number of carbonyl (C=O) groups is 1. The zero-order valence-electron chi connectivity index (χ0n) is 36.3. The van der Waals surface area contributed by atoms with E-state index >= 15 is 0 Å². The first-order valence-corrected chi connectivity index (χ1v) is 24.1. The van der Waals surface area contributed by atoms with E-state index in [1.54, 1.807) is 0 Å². The molecule has 57 heavy (non-hydrogen) atoms. The number of allylic oxidation sites excluding steroid dienone is 14. The van der Waals surface area contributed by atoms with E-state index in [0.29, 0.717) is 13.0 Å². The van der Waals surface area contributed by atoms with Gasteiger partial charge in [-0.25, -0.2) is 4.57 Å². The van der Waals surface area contributed by atoms with Crippen LogP contribution in [-0.2, 0) is 27.9 Å². The van der Waals surface area contributed by atoms with Crippen LogP contribution in [-0.4, -0.2) is 49.9 Å². The molecule has 328 valence electrons. The molecule has 2 unspecified atom stereocenters. The maximum atomic E-state index is 12.6. The maximum Gasteiger partial charge on any atom is 0.472 e. The largest absolute Gasteiger partial charge is 0.472 e. The summed E-state index contributed by atoms with van der Waals surface area (Å²) in [5.41, 5.74) is 5.37. The van der Waals surface area contributed by atoms with Gasteiger partial charge in [0, 0.05) is 19.6 Å². The molecule has 0 aliphatic rings. The highest BCUT2D eigenvalue weighted by molar-refractivity contribution is 7.47. The van der Waals surface area contributed by atoms with Gasteiger partial charge in [0.05, 0.1) is 19.8 Å². The van der Waals surface area contributed by atoms with E-state index < -0.39 is 13.9 Å². The standard InChI is InChI=1S/C48H84NO7P/c1-3-5-7-9-11-13-15-17-18-19-20-21-22-23-24-25-26-27-28-29-31-33-35-37-39-41-48(50)56-47(46-55-57(51,52)54-44-42-49)45-53-43-40-38-36-34-32-30-16-14-12-10-8-6-4-2/h5,7,11-14,17-18,20-21,23-24,26-27,47H,3-4,6,8-10,15-16,19,22,25,28-46,49H2,1-2H3,(H,51,52)/b7-5-,13-11-,14-12-,18-17-,21-20-,24-23-,27-26-. The number of nitrogens with two attached hydrogens (primary N) is 1. The van der Waals surface area contributed by atoms with E-state index in [9.17, 15) is 14.3 Å². The van der Waals surface area contributed by atoms with Crippen LogP contribution < -0.4 is 5.73 Å². The molecule has 0 aromatic heterocycles. The lowest BCUT2D eigenvalue weighted by Crippen LogP contribution is -2.28. The Morgan fingerprint density at radius 2 is 0.982 bits per heavy atom. The zero-order chi connectivity index (χ0) is 41.6. The molecule has 0 amide bonds. The summed E-state index contributed by atoms with van der Waals surface area (Å²) in [6.07, 6.45) is 57.4. The van der Waals surface area contributed by atoms with E-state index in [1.165, 1.54) is 70.6 Å². The van der Waals surface area contributed by atoms with Crippen molar-refractivity contribution in [2.45, 2.75) is 180 Å². The highest BCUT2D eigenvalue weighted by Crippen LogP contribution is 2.43. The molecule has 8 nitrogen and oxygen atoms in total. The molecule has 0 saturated carbocycles. The van der Waals surface area contributed by atoms with Crippen LogP contribution >= 0.6 is 7.82 Å². The Balaban J connectivity index is 4.05. The van der Waals surface area contributed by atoms with Crippen molar-refractivity contribution in [3.8, 4) is 0 Å². The SMILES string of the molecule is CC/C=C\C/C=C\C/C=C\C/C=C\C/C=C\C/C=C\CCCCCCCCC(=O)OC(COCCCCCCCC/C=C\CCCCC)COP(=O)(O)OCCN. The van der Waals surface area contributed by atoms with Crippen molar-refractivity contribution in [1.29, 1.82) is 0 Å². The molecule has 0 bridgehead atoms. The molecule has 0 heterocycles. The van der Waals surface area contributed by atoms with Crippen molar-refractivity contribution in [1.82, 2.24) is 0 Å². The van der Waals surface area contributed by atoms with E-state index in [2.05, 4.69) is 98.9 Å². The Kier molecular flexibility index (Phi) is 43.0. The van der Waals surface area contributed by atoms with Gasteiger partial charge in [-0.3, -0.25) is 13.8 Å². The highest BCUT2D eigenvalue weighted by Gasteiger charge is 2.25. The lowest BCUT2D eigenvalue weighted by molar-refractivity contribution is -0.154. The normalized spacial score (nSPS) is 14.2. The molecule has 0 spiro atoms. The molecule has 9 heteroatoms. The number of rotatable bonds is 42. The third kappa shape index (κ3) is 44.6. The van der Waals surface area contributed by atoms with Gasteiger partial charge in [0.2, 0.25) is 0 Å². The number of carbonyl (C=O) groups excluding carboxylic acids is 1. The quantitative estimate of drug-likeness (QED) is 0.0271. The minimum absolute atomic E-state index is 0.0923. The van der Waals surface area contributed by atoms with Gasteiger partial charge in [-0.05, 0) is 89.9 Å². The predicted octanol–water partition coefficient (Wildman–Crippen LogP) is 13.7. The molecule has 3 N–H and O–H groups in total. The molecule has 0 rings (SSSR count). The number of hydrogen-bond acceptors (Lipinski definition) is 7. The van der Waals surface area contributed by atoms with E-state index in [1.807, 2.05) is 0 Å².